The standard InChI is InChI=1S/C19H19FN2O2/c1-13(23)21-16-6-8-17(9-7-16)22(18-10-11-18)19(24)12-14-2-4-15(20)5-3-14/h2-9,18H,10-12H2,1H3,(H,21,23). The maximum atomic E-state index is 13.0. The predicted molar refractivity (Wildman–Crippen MR) is 91.4 cm³/mol. The molecule has 1 aliphatic rings. The van der Waals surface area contributed by atoms with Crippen molar-refractivity contribution in [2.24, 2.45) is 0 Å². The second-order valence-corrected chi connectivity index (χ2v) is 6.03. The van der Waals surface area contributed by atoms with Gasteiger partial charge in [0, 0.05) is 24.3 Å². The number of hydrogen-bond acceptors (Lipinski definition) is 2. The second kappa shape index (κ2) is 6.83. The van der Waals surface area contributed by atoms with Crippen molar-refractivity contribution in [1.82, 2.24) is 0 Å². The van der Waals surface area contributed by atoms with Crippen LogP contribution >= 0.6 is 0 Å². The molecule has 0 aromatic heterocycles. The number of benzene rings is 2. The number of carbonyl (C=O) groups is 2. The average molecular weight is 326 g/mol. The van der Waals surface area contributed by atoms with Crippen LogP contribution in [0.5, 0.6) is 0 Å². The topological polar surface area (TPSA) is 49.4 Å². The van der Waals surface area contributed by atoms with Gasteiger partial charge in [0.15, 0.2) is 0 Å². The Bertz CT molecular complexity index is 737. The zero-order valence-electron chi connectivity index (χ0n) is 13.5. The van der Waals surface area contributed by atoms with Crippen molar-refractivity contribution < 1.29 is 14.0 Å². The van der Waals surface area contributed by atoms with Gasteiger partial charge in [-0.1, -0.05) is 12.1 Å². The number of carbonyl (C=O) groups excluding carboxylic acids is 2. The van der Waals surface area contributed by atoms with Gasteiger partial charge in [-0.3, -0.25) is 9.59 Å². The lowest BCUT2D eigenvalue weighted by Gasteiger charge is -2.23. The first kappa shape index (κ1) is 16.2. The van der Waals surface area contributed by atoms with E-state index in [4.69, 9.17) is 0 Å². The third-order valence-corrected chi connectivity index (χ3v) is 3.92. The summed E-state index contributed by atoms with van der Waals surface area (Å²) in [6.45, 7) is 1.45. The maximum absolute atomic E-state index is 13.0. The van der Waals surface area contributed by atoms with Crippen LogP contribution in [0.15, 0.2) is 48.5 Å². The van der Waals surface area contributed by atoms with Gasteiger partial charge in [-0.15, -0.1) is 0 Å². The molecule has 0 radical (unpaired) electrons. The molecule has 0 spiro atoms. The molecule has 0 aliphatic heterocycles. The SMILES string of the molecule is CC(=O)Nc1ccc(N(C(=O)Cc2ccc(F)cc2)C2CC2)cc1. The average Bonchev–Trinajstić information content (AvgIpc) is 3.36. The Morgan fingerprint density at radius 1 is 1.08 bits per heavy atom. The Balaban J connectivity index is 1.75. The Kier molecular flexibility index (Phi) is 4.60. The van der Waals surface area contributed by atoms with E-state index in [-0.39, 0.29) is 30.1 Å². The minimum absolute atomic E-state index is 0.00335. The first-order chi connectivity index (χ1) is 11.5. The van der Waals surface area contributed by atoms with Crippen molar-refractivity contribution in [2.75, 3.05) is 10.2 Å². The van der Waals surface area contributed by atoms with Crippen molar-refractivity contribution in [3.63, 3.8) is 0 Å². The van der Waals surface area contributed by atoms with Crippen LogP contribution in [0.4, 0.5) is 15.8 Å². The molecule has 1 saturated carbocycles. The first-order valence-electron chi connectivity index (χ1n) is 7.97. The zero-order chi connectivity index (χ0) is 17.1. The molecule has 0 atom stereocenters. The number of rotatable bonds is 5. The fourth-order valence-electron chi connectivity index (χ4n) is 2.66. The van der Waals surface area contributed by atoms with Gasteiger partial charge in [-0.2, -0.15) is 0 Å². The summed E-state index contributed by atoms with van der Waals surface area (Å²) in [6, 6.07) is 13.5. The molecule has 124 valence electrons. The molecular weight excluding hydrogens is 307 g/mol. The van der Waals surface area contributed by atoms with Gasteiger partial charge < -0.3 is 10.2 Å². The first-order valence-corrected chi connectivity index (χ1v) is 7.97. The van der Waals surface area contributed by atoms with E-state index in [2.05, 4.69) is 5.32 Å². The van der Waals surface area contributed by atoms with E-state index in [1.54, 1.807) is 29.2 Å². The van der Waals surface area contributed by atoms with E-state index in [9.17, 15) is 14.0 Å². The summed E-state index contributed by atoms with van der Waals surface area (Å²) in [5.41, 5.74) is 2.31. The predicted octanol–water partition coefficient (Wildman–Crippen LogP) is 3.52. The number of nitrogens with one attached hydrogen (secondary N) is 1. The van der Waals surface area contributed by atoms with E-state index in [0.29, 0.717) is 5.69 Å². The summed E-state index contributed by atoms with van der Waals surface area (Å²) in [5.74, 6) is -0.440. The van der Waals surface area contributed by atoms with Crippen LogP contribution in [0.1, 0.15) is 25.3 Å². The van der Waals surface area contributed by atoms with Gasteiger partial charge in [0.25, 0.3) is 0 Å². The van der Waals surface area contributed by atoms with Gasteiger partial charge in [0.1, 0.15) is 5.82 Å². The molecule has 1 fully saturated rings. The molecule has 4 nitrogen and oxygen atoms in total. The quantitative estimate of drug-likeness (QED) is 0.914. The summed E-state index contributed by atoms with van der Waals surface area (Å²) < 4.78 is 13.0. The van der Waals surface area contributed by atoms with Gasteiger partial charge in [0.2, 0.25) is 11.8 Å². The summed E-state index contributed by atoms with van der Waals surface area (Å²) in [4.78, 5) is 25.6. The van der Waals surface area contributed by atoms with Gasteiger partial charge >= 0.3 is 0 Å². The molecule has 2 aromatic carbocycles. The summed E-state index contributed by atoms with van der Waals surface area (Å²) >= 11 is 0. The summed E-state index contributed by atoms with van der Waals surface area (Å²) in [5, 5.41) is 2.71. The highest BCUT2D eigenvalue weighted by Gasteiger charge is 2.33. The molecule has 0 saturated heterocycles. The zero-order valence-corrected chi connectivity index (χ0v) is 13.5. The smallest absolute Gasteiger partial charge is 0.231 e. The molecule has 1 N–H and O–H groups in total. The minimum Gasteiger partial charge on any atom is -0.326 e. The molecular formula is C19H19FN2O2. The summed E-state index contributed by atoms with van der Waals surface area (Å²) in [6.07, 6.45) is 2.22. The fourth-order valence-corrected chi connectivity index (χ4v) is 2.66. The molecule has 5 heteroatoms. The minimum atomic E-state index is -0.307. The van der Waals surface area contributed by atoms with E-state index in [1.807, 2.05) is 12.1 Å². The van der Waals surface area contributed by atoms with E-state index in [1.165, 1.54) is 19.1 Å². The van der Waals surface area contributed by atoms with E-state index in [0.717, 1.165) is 24.1 Å². The molecule has 3 rings (SSSR count). The Morgan fingerprint density at radius 2 is 1.71 bits per heavy atom. The molecule has 24 heavy (non-hydrogen) atoms. The van der Waals surface area contributed by atoms with Crippen LogP contribution in [0, 0.1) is 5.82 Å². The largest absolute Gasteiger partial charge is 0.326 e. The van der Waals surface area contributed by atoms with Gasteiger partial charge in [0.05, 0.1) is 6.42 Å². The molecule has 1 aliphatic carbocycles. The Labute approximate surface area is 140 Å². The lowest BCUT2D eigenvalue weighted by molar-refractivity contribution is -0.118. The van der Waals surface area contributed by atoms with Crippen LogP contribution in [-0.2, 0) is 16.0 Å². The van der Waals surface area contributed by atoms with Crippen molar-refractivity contribution in [3.05, 3.63) is 59.9 Å². The number of hydrogen-bond donors (Lipinski definition) is 1. The highest BCUT2D eigenvalue weighted by atomic mass is 19.1. The molecule has 0 bridgehead atoms. The summed E-state index contributed by atoms with van der Waals surface area (Å²) in [7, 11) is 0. The van der Waals surface area contributed by atoms with Crippen LogP contribution in [0.2, 0.25) is 0 Å². The van der Waals surface area contributed by atoms with E-state index >= 15 is 0 Å². The van der Waals surface area contributed by atoms with Crippen LogP contribution < -0.4 is 10.2 Å². The normalized spacial score (nSPS) is 13.4. The second-order valence-electron chi connectivity index (χ2n) is 6.03. The van der Waals surface area contributed by atoms with Crippen molar-refractivity contribution >= 4 is 23.2 Å². The highest BCUT2D eigenvalue weighted by molar-refractivity contribution is 5.96. The van der Waals surface area contributed by atoms with Gasteiger partial charge in [-0.25, -0.2) is 4.39 Å². The van der Waals surface area contributed by atoms with Crippen LogP contribution in [0.25, 0.3) is 0 Å². The van der Waals surface area contributed by atoms with Crippen LogP contribution in [-0.4, -0.2) is 17.9 Å². The number of amides is 2. The van der Waals surface area contributed by atoms with Crippen molar-refractivity contribution in [1.29, 1.82) is 0 Å². The fraction of sp³-hybridized carbons (Fsp3) is 0.263. The molecule has 2 aromatic rings. The molecule has 2 amide bonds. The third-order valence-electron chi connectivity index (χ3n) is 3.92. The number of nitrogens with zero attached hydrogens (tertiary/aromatic N) is 1. The Morgan fingerprint density at radius 3 is 2.25 bits per heavy atom. The Hall–Kier alpha value is -2.69. The van der Waals surface area contributed by atoms with Crippen LogP contribution in [0.3, 0.4) is 0 Å². The van der Waals surface area contributed by atoms with E-state index < -0.39 is 0 Å². The molecule has 0 unspecified atom stereocenters. The highest BCUT2D eigenvalue weighted by Crippen LogP contribution is 2.33. The van der Waals surface area contributed by atoms with Crippen molar-refractivity contribution in [2.45, 2.75) is 32.2 Å². The maximum Gasteiger partial charge on any atom is 0.231 e. The monoisotopic (exact) mass is 326 g/mol. The number of anilines is 2. The number of halogens is 1. The third kappa shape index (κ3) is 3.98. The van der Waals surface area contributed by atoms with Gasteiger partial charge in [-0.05, 0) is 54.8 Å². The lowest BCUT2D eigenvalue weighted by atomic mass is 10.1. The lowest BCUT2D eigenvalue weighted by Crippen LogP contribution is -2.34. The van der Waals surface area contributed by atoms with Crippen molar-refractivity contribution in [3.8, 4) is 0 Å². The molecule has 0 heterocycles.